The van der Waals surface area contributed by atoms with Crippen LogP contribution in [0.3, 0.4) is 0 Å². The van der Waals surface area contributed by atoms with Gasteiger partial charge in [0, 0.05) is 23.8 Å². The molecule has 3 saturated heterocycles. The van der Waals surface area contributed by atoms with Gasteiger partial charge in [-0.1, -0.05) is 0 Å². The molecule has 15 atom stereocenters. The Hall–Kier alpha value is -3.47. The molecule has 9 N–H and O–H groups in total. The Morgan fingerprint density at radius 2 is 1.29 bits per heavy atom. The van der Waals surface area contributed by atoms with Crippen LogP contribution in [0.4, 0.5) is 0 Å². The molecule has 1 aromatic heterocycles. The highest BCUT2D eigenvalue weighted by atomic mass is 16.8. The summed E-state index contributed by atoms with van der Waals surface area (Å²) in [6, 6.07) is 10.2. The zero-order valence-corrected chi connectivity index (χ0v) is 28.1. The molecular formula is C34H42O18. The number of aliphatic hydroxyl groups excluding tert-OH is 8. The second-order valence-electron chi connectivity index (χ2n) is 13.0. The molecule has 3 aliphatic heterocycles. The Bertz CT molecular complexity index is 1730. The monoisotopic (exact) mass is 738 g/mol. The van der Waals surface area contributed by atoms with Crippen molar-refractivity contribution in [1.29, 1.82) is 0 Å². The Morgan fingerprint density at radius 3 is 1.92 bits per heavy atom. The lowest BCUT2D eigenvalue weighted by atomic mass is 9.97. The van der Waals surface area contributed by atoms with Gasteiger partial charge >= 0.3 is 0 Å². The number of aromatic hydroxyl groups is 1. The minimum absolute atomic E-state index is 0.0997. The quantitative estimate of drug-likeness (QED) is 0.115. The fourth-order valence-electron chi connectivity index (χ4n) is 6.25. The molecule has 2 aromatic carbocycles. The van der Waals surface area contributed by atoms with Crippen LogP contribution in [0, 0.1) is 0 Å². The van der Waals surface area contributed by atoms with Crippen LogP contribution in [0.5, 0.6) is 17.2 Å². The van der Waals surface area contributed by atoms with Crippen LogP contribution in [0.2, 0.25) is 0 Å². The Balaban J connectivity index is 1.30. The van der Waals surface area contributed by atoms with E-state index in [0.717, 1.165) is 6.07 Å². The second kappa shape index (κ2) is 15.5. The Labute approximate surface area is 295 Å². The third-order valence-electron chi connectivity index (χ3n) is 9.39. The van der Waals surface area contributed by atoms with Gasteiger partial charge in [0.25, 0.3) is 0 Å². The molecule has 4 heterocycles. The van der Waals surface area contributed by atoms with Crippen LogP contribution < -0.4 is 14.9 Å². The van der Waals surface area contributed by atoms with Gasteiger partial charge in [0.2, 0.25) is 6.29 Å². The maximum absolute atomic E-state index is 13.1. The normalized spacial score (nSPS) is 38.2. The van der Waals surface area contributed by atoms with E-state index < -0.39 is 110 Å². The zero-order valence-electron chi connectivity index (χ0n) is 28.1. The minimum Gasteiger partial charge on any atom is -0.507 e. The summed E-state index contributed by atoms with van der Waals surface area (Å²) in [5, 5.41) is 94.8. The first-order chi connectivity index (χ1) is 24.7. The SMILES string of the molecule is COc1ccc(-c2cc(=O)c3c(O)cc(O[C@@H]4O[C@@H](CO[C@@H]5O[C@H](C)[C@H](O)[C@@H](O)[C@H]5O)[C@@H](O)[C@H](O)[C@H]4O[C@H]4O[C@@H](C)[C@H](O)[C@@H](O)[C@H]4O)cc3o2)cc1. The summed E-state index contributed by atoms with van der Waals surface area (Å²) in [6.07, 6.45) is -23.3. The fraction of sp³-hybridized carbons (Fsp3) is 0.559. The number of rotatable bonds is 9. The molecule has 0 saturated carbocycles. The summed E-state index contributed by atoms with van der Waals surface area (Å²) in [4.78, 5) is 13.1. The second-order valence-corrected chi connectivity index (χ2v) is 13.0. The Morgan fingerprint density at radius 1 is 0.673 bits per heavy atom. The maximum Gasteiger partial charge on any atom is 0.229 e. The average molecular weight is 739 g/mol. The average Bonchev–Trinajstić information content (AvgIpc) is 3.12. The van der Waals surface area contributed by atoms with E-state index in [4.69, 9.17) is 37.6 Å². The lowest BCUT2D eigenvalue weighted by Crippen LogP contribution is -2.65. The van der Waals surface area contributed by atoms with Gasteiger partial charge in [-0.05, 0) is 38.1 Å². The molecule has 52 heavy (non-hydrogen) atoms. The molecule has 3 aliphatic rings. The number of benzene rings is 2. The number of methoxy groups -OCH3 is 1. The third-order valence-corrected chi connectivity index (χ3v) is 9.39. The van der Waals surface area contributed by atoms with Crippen molar-refractivity contribution in [2.75, 3.05) is 13.7 Å². The lowest BCUT2D eigenvalue weighted by molar-refractivity contribution is -0.360. The summed E-state index contributed by atoms with van der Waals surface area (Å²) in [5.41, 5.74) is -0.151. The smallest absolute Gasteiger partial charge is 0.229 e. The number of fused-ring (bicyclic) bond motifs is 1. The van der Waals surface area contributed by atoms with Crippen LogP contribution in [0.1, 0.15) is 13.8 Å². The van der Waals surface area contributed by atoms with Crippen LogP contribution in [-0.2, 0) is 23.7 Å². The van der Waals surface area contributed by atoms with Gasteiger partial charge in [0.05, 0.1) is 25.9 Å². The van der Waals surface area contributed by atoms with Crippen LogP contribution in [-0.4, -0.2) is 152 Å². The number of hydrogen-bond acceptors (Lipinski definition) is 18. The van der Waals surface area contributed by atoms with E-state index >= 15 is 0 Å². The van der Waals surface area contributed by atoms with E-state index in [2.05, 4.69) is 0 Å². The summed E-state index contributed by atoms with van der Waals surface area (Å²) in [6.45, 7) is 2.28. The summed E-state index contributed by atoms with van der Waals surface area (Å²) >= 11 is 0. The van der Waals surface area contributed by atoms with Gasteiger partial charge < -0.3 is 83.5 Å². The maximum atomic E-state index is 13.1. The molecule has 0 amide bonds. The topological polar surface area (TPSA) is 277 Å². The van der Waals surface area contributed by atoms with E-state index in [1.807, 2.05) is 0 Å². The molecule has 0 aliphatic carbocycles. The summed E-state index contributed by atoms with van der Waals surface area (Å²) < 4.78 is 45.5. The number of ether oxygens (including phenoxy) is 7. The number of phenolic OH excluding ortho intramolecular Hbond substituents is 1. The largest absolute Gasteiger partial charge is 0.507 e. The van der Waals surface area contributed by atoms with Crippen molar-refractivity contribution >= 4 is 11.0 Å². The van der Waals surface area contributed by atoms with Gasteiger partial charge in [0.1, 0.15) is 88.9 Å². The molecule has 0 unspecified atom stereocenters. The molecule has 286 valence electrons. The van der Waals surface area contributed by atoms with Crippen molar-refractivity contribution in [2.24, 2.45) is 0 Å². The van der Waals surface area contributed by atoms with Crippen LogP contribution in [0.15, 0.2) is 51.7 Å². The van der Waals surface area contributed by atoms with Crippen molar-refractivity contribution in [3.8, 4) is 28.6 Å². The van der Waals surface area contributed by atoms with E-state index in [0.29, 0.717) is 11.3 Å². The van der Waals surface area contributed by atoms with Crippen molar-refractivity contribution in [3.63, 3.8) is 0 Å². The van der Waals surface area contributed by atoms with E-state index in [9.17, 15) is 50.8 Å². The van der Waals surface area contributed by atoms with Crippen molar-refractivity contribution in [3.05, 3.63) is 52.7 Å². The molecule has 0 bridgehead atoms. The number of hydrogen-bond donors (Lipinski definition) is 9. The lowest BCUT2D eigenvalue weighted by Gasteiger charge is -2.46. The molecule has 0 radical (unpaired) electrons. The first-order valence-corrected chi connectivity index (χ1v) is 16.5. The summed E-state index contributed by atoms with van der Waals surface area (Å²) in [7, 11) is 1.50. The van der Waals surface area contributed by atoms with E-state index in [1.165, 1.54) is 33.1 Å². The molecule has 18 heteroatoms. The number of phenols is 1. The molecule has 3 fully saturated rings. The third kappa shape index (κ3) is 7.48. The minimum atomic E-state index is -1.88. The van der Waals surface area contributed by atoms with Crippen molar-refractivity contribution in [1.82, 2.24) is 0 Å². The van der Waals surface area contributed by atoms with Gasteiger partial charge in [-0.15, -0.1) is 0 Å². The molecule has 6 rings (SSSR count). The van der Waals surface area contributed by atoms with Crippen molar-refractivity contribution < 1.29 is 83.5 Å². The standard InChI is InChI=1S/C34H42O18/c1-12-23(37)26(40)29(43)32(47-12)46-11-21-25(39)28(42)31(52-33-30(44)27(41)24(38)13(2)48-33)34(51-21)49-16-8-17(35)22-18(36)10-19(50-20(22)9-16)14-4-6-15(45-3)7-5-14/h4-10,12-13,21,23-35,37-44H,11H2,1-3H3/t12-,13+,21+,23+,24+,25-,26-,27-,28+,29-,30-,31-,32-,33-,34-/m1/s1. The molecule has 18 nitrogen and oxygen atoms in total. The predicted octanol–water partition coefficient (Wildman–Crippen LogP) is -1.94. The van der Waals surface area contributed by atoms with Crippen LogP contribution >= 0.6 is 0 Å². The molecule has 3 aromatic rings. The van der Waals surface area contributed by atoms with Crippen LogP contribution in [0.25, 0.3) is 22.3 Å². The van der Waals surface area contributed by atoms with E-state index in [-0.39, 0.29) is 22.5 Å². The summed E-state index contributed by atoms with van der Waals surface area (Å²) in [5.74, 6) is 0.0134. The van der Waals surface area contributed by atoms with Crippen molar-refractivity contribution in [2.45, 2.75) is 106 Å². The highest BCUT2D eigenvalue weighted by molar-refractivity contribution is 5.86. The molecule has 0 spiro atoms. The van der Waals surface area contributed by atoms with Gasteiger partial charge in [-0.3, -0.25) is 4.79 Å². The van der Waals surface area contributed by atoms with Gasteiger partial charge in [-0.25, -0.2) is 0 Å². The first-order valence-electron chi connectivity index (χ1n) is 16.5. The fourth-order valence-corrected chi connectivity index (χ4v) is 6.25. The van der Waals surface area contributed by atoms with Gasteiger partial charge in [-0.2, -0.15) is 0 Å². The zero-order chi connectivity index (χ0) is 37.6. The highest BCUT2D eigenvalue weighted by Gasteiger charge is 2.52. The number of aliphatic hydroxyl groups is 8. The molecular weight excluding hydrogens is 696 g/mol. The predicted molar refractivity (Wildman–Crippen MR) is 173 cm³/mol. The highest BCUT2D eigenvalue weighted by Crippen LogP contribution is 2.35. The first kappa shape index (κ1) is 38.3. The van der Waals surface area contributed by atoms with E-state index in [1.54, 1.807) is 24.3 Å². The Kier molecular flexibility index (Phi) is 11.4. The van der Waals surface area contributed by atoms with Gasteiger partial charge in [0.15, 0.2) is 24.1 Å².